The molecule has 2 fully saturated rings. The molecule has 132 valence electrons. The average molecular weight is 330 g/mol. The lowest BCUT2D eigenvalue weighted by molar-refractivity contribution is -0.120. The standard InChI is InChI=1S/C20H30N2O2/c1-15-12-17(10-11-21-15)20(23)22-18-7-5-6-16(13-18)14-24-19-8-3-2-4-9-19/h5-7,13,15,17,19,21H,2-4,8-12,14H2,1H3,(H,22,23)/t15-,17-/m0/s1. The van der Waals surface area contributed by atoms with Crippen LogP contribution in [0.25, 0.3) is 0 Å². The van der Waals surface area contributed by atoms with E-state index in [0.717, 1.165) is 30.6 Å². The molecule has 3 rings (SSSR count). The van der Waals surface area contributed by atoms with Gasteiger partial charge in [-0.25, -0.2) is 0 Å². The highest BCUT2D eigenvalue weighted by molar-refractivity contribution is 5.92. The Kier molecular flexibility index (Phi) is 6.27. The van der Waals surface area contributed by atoms with Gasteiger partial charge in [-0.2, -0.15) is 0 Å². The van der Waals surface area contributed by atoms with Crippen molar-refractivity contribution in [3.63, 3.8) is 0 Å². The summed E-state index contributed by atoms with van der Waals surface area (Å²) in [4.78, 5) is 12.5. The molecule has 0 spiro atoms. The Hall–Kier alpha value is -1.39. The summed E-state index contributed by atoms with van der Waals surface area (Å²) in [7, 11) is 0. The highest BCUT2D eigenvalue weighted by atomic mass is 16.5. The quantitative estimate of drug-likeness (QED) is 0.862. The van der Waals surface area contributed by atoms with Gasteiger partial charge < -0.3 is 15.4 Å². The van der Waals surface area contributed by atoms with Crippen molar-refractivity contribution in [3.05, 3.63) is 29.8 Å². The molecule has 1 saturated heterocycles. The van der Waals surface area contributed by atoms with E-state index in [0.29, 0.717) is 18.8 Å². The largest absolute Gasteiger partial charge is 0.374 e. The molecule has 2 N–H and O–H groups in total. The van der Waals surface area contributed by atoms with Crippen LogP contribution in [-0.2, 0) is 16.1 Å². The Morgan fingerprint density at radius 2 is 2.08 bits per heavy atom. The lowest BCUT2D eigenvalue weighted by Gasteiger charge is -2.27. The van der Waals surface area contributed by atoms with E-state index >= 15 is 0 Å². The van der Waals surface area contributed by atoms with E-state index in [4.69, 9.17) is 4.74 Å². The van der Waals surface area contributed by atoms with E-state index in [-0.39, 0.29) is 11.8 Å². The van der Waals surface area contributed by atoms with E-state index in [1.54, 1.807) is 0 Å². The summed E-state index contributed by atoms with van der Waals surface area (Å²) in [6, 6.07) is 8.51. The normalized spacial score (nSPS) is 25.4. The summed E-state index contributed by atoms with van der Waals surface area (Å²) in [5.74, 6) is 0.261. The third-order valence-corrected chi connectivity index (χ3v) is 5.23. The van der Waals surface area contributed by atoms with Crippen molar-refractivity contribution in [2.75, 3.05) is 11.9 Å². The zero-order valence-corrected chi connectivity index (χ0v) is 14.7. The van der Waals surface area contributed by atoms with Gasteiger partial charge in [0.2, 0.25) is 5.91 Å². The van der Waals surface area contributed by atoms with Gasteiger partial charge in [-0.15, -0.1) is 0 Å². The number of piperidine rings is 1. The molecule has 0 aromatic heterocycles. The number of carbonyl (C=O) groups is 1. The fourth-order valence-corrected chi connectivity index (χ4v) is 3.80. The van der Waals surface area contributed by atoms with E-state index < -0.39 is 0 Å². The van der Waals surface area contributed by atoms with Crippen LogP contribution in [0.1, 0.15) is 57.4 Å². The van der Waals surface area contributed by atoms with E-state index in [1.165, 1.54) is 32.1 Å². The zero-order valence-electron chi connectivity index (χ0n) is 14.7. The first-order chi connectivity index (χ1) is 11.7. The maximum absolute atomic E-state index is 12.5. The number of hydrogen-bond acceptors (Lipinski definition) is 3. The van der Waals surface area contributed by atoms with E-state index in [2.05, 4.69) is 23.6 Å². The van der Waals surface area contributed by atoms with Crippen LogP contribution in [0.4, 0.5) is 5.69 Å². The highest BCUT2D eigenvalue weighted by Crippen LogP contribution is 2.23. The first-order valence-electron chi connectivity index (χ1n) is 9.45. The maximum Gasteiger partial charge on any atom is 0.227 e. The second-order valence-electron chi connectivity index (χ2n) is 7.34. The van der Waals surface area contributed by atoms with Gasteiger partial charge in [0.25, 0.3) is 0 Å². The van der Waals surface area contributed by atoms with Crippen molar-refractivity contribution in [2.24, 2.45) is 5.92 Å². The van der Waals surface area contributed by atoms with Crippen LogP contribution in [-0.4, -0.2) is 24.6 Å². The fourth-order valence-electron chi connectivity index (χ4n) is 3.80. The maximum atomic E-state index is 12.5. The summed E-state index contributed by atoms with van der Waals surface area (Å²) in [5.41, 5.74) is 2.02. The Morgan fingerprint density at radius 1 is 1.25 bits per heavy atom. The van der Waals surface area contributed by atoms with Crippen molar-refractivity contribution in [1.29, 1.82) is 0 Å². The second-order valence-corrected chi connectivity index (χ2v) is 7.34. The molecule has 0 unspecified atom stereocenters. The van der Waals surface area contributed by atoms with Crippen LogP contribution in [0.3, 0.4) is 0 Å². The van der Waals surface area contributed by atoms with Crippen LogP contribution in [0.5, 0.6) is 0 Å². The Balaban J connectivity index is 1.51. The Morgan fingerprint density at radius 3 is 2.88 bits per heavy atom. The van der Waals surface area contributed by atoms with E-state index in [1.807, 2.05) is 18.2 Å². The SMILES string of the molecule is C[C@H]1C[C@@H](C(=O)Nc2cccc(COC3CCCCC3)c2)CCN1. The van der Waals surface area contributed by atoms with E-state index in [9.17, 15) is 4.79 Å². The number of rotatable bonds is 5. The molecule has 1 aliphatic carbocycles. The van der Waals surface area contributed by atoms with Crippen LogP contribution < -0.4 is 10.6 Å². The van der Waals surface area contributed by atoms with Gasteiger partial charge >= 0.3 is 0 Å². The molecule has 24 heavy (non-hydrogen) atoms. The summed E-state index contributed by atoms with van der Waals surface area (Å²) < 4.78 is 6.04. The lowest BCUT2D eigenvalue weighted by atomic mass is 9.92. The Labute approximate surface area is 145 Å². The molecule has 1 saturated carbocycles. The molecule has 2 atom stereocenters. The summed E-state index contributed by atoms with van der Waals surface area (Å²) in [6.07, 6.45) is 8.53. The fraction of sp³-hybridized carbons (Fsp3) is 0.650. The van der Waals surface area contributed by atoms with Crippen LogP contribution in [0, 0.1) is 5.92 Å². The second kappa shape index (κ2) is 8.63. The summed E-state index contributed by atoms with van der Waals surface area (Å²) >= 11 is 0. The monoisotopic (exact) mass is 330 g/mol. The van der Waals surface area contributed by atoms with Crippen LogP contribution in [0.15, 0.2) is 24.3 Å². The topological polar surface area (TPSA) is 50.4 Å². The van der Waals surface area contributed by atoms with Crippen molar-refractivity contribution in [2.45, 2.75) is 70.6 Å². The summed E-state index contributed by atoms with van der Waals surface area (Å²) in [5, 5.41) is 6.48. The highest BCUT2D eigenvalue weighted by Gasteiger charge is 2.24. The first-order valence-corrected chi connectivity index (χ1v) is 9.45. The molecule has 4 nitrogen and oxygen atoms in total. The molecule has 0 bridgehead atoms. The minimum atomic E-state index is 0.114. The molecule has 1 amide bonds. The van der Waals surface area contributed by atoms with Gasteiger partial charge in [0.05, 0.1) is 12.7 Å². The number of amides is 1. The third-order valence-electron chi connectivity index (χ3n) is 5.23. The van der Waals surface area contributed by atoms with Crippen LogP contribution in [0.2, 0.25) is 0 Å². The van der Waals surface area contributed by atoms with Gasteiger partial charge in [-0.1, -0.05) is 31.4 Å². The van der Waals surface area contributed by atoms with Crippen molar-refractivity contribution >= 4 is 11.6 Å². The smallest absolute Gasteiger partial charge is 0.227 e. The molecule has 1 aromatic carbocycles. The van der Waals surface area contributed by atoms with Gasteiger partial charge in [-0.3, -0.25) is 4.79 Å². The molecule has 4 heteroatoms. The molecule has 1 aromatic rings. The number of benzene rings is 1. The predicted molar refractivity (Wildman–Crippen MR) is 96.9 cm³/mol. The molecule has 1 aliphatic heterocycles. The zero-order chi connectivity index (χ0) is 16.8. The van der Waals surface area contributed by atoms with Crippen molar-refractivity contribution in [1.82, 2.24) is 5.32 Å². The average Bonchev–Trinajstić information content (AvgIpc) is 2.61. The minimum absolute atomic E-state index is 0.114. The molecule has 1 heterocycles. The predicted octanol–water partition coefficient (Wildman–Crippen LogP) is 3.86. The Bertz CT molecular complexity index is 540. The third kappa shape index (κ3) is 5.05. The molecule has 2 aliphatic rings. The minimum Gasteiger partial charge on any atom is -0.374 e. The first kappa shape index (κ1) is 17.4. The van der Waals surface area contributed by atoms with Gasteiger partial charge in [0.15, 0.2) is 0 Å². The number of anilines is 1. The van der Waals surface area contributed by atoms with Crippen LogP contribution >= 0.6 is 0 Å². The summed E-state index contributed by atoms with van der Waals surface area (Å²) in [6.45, 7) is 3.70. The number of carbonyl (C=O) groups excluding carboxylic acids is 1. The lowest BCUT2D eigenvalue weighted by Crippen LogP contribution is -2.40. The molecular weight excluding hydrogens is 300 g/mol. The van der Waals surface area contributed by atoms with Gasteiger partial charge in [0, 0.05) is 17.6 Å². The van der Waals surface area contributed by atoms with Gasteiger partial charge in [-0.05, 0) is 56.8 Å². The number of hydrogen-bond donors (Lipinski definition) is 2. The number of ether oxygens (including phenoxy) is 1. The number of nitrogens with one attached hydrogen (secondary N) is 2. The molecule has 0 radical (unpaired) electrons. The van der Waals surface area contributed by atoms with Crippen molar-refractivity contribution in [3.8, 4) is 0 Å². The molecular formula is C20H30N2O2. The van der Waals surface area contributed by atoms with Crippen molar-refractivity contribution < 1.29 is 9.53 Å². The van der Waals surface area contributed by atoms with Gasteiger partial charge in [0.1, 0.15) is 0 Å².